The highest BCUT2D eigenvalue weighted by Crippen LogP contribution is 2.26. The Morgan fingerprint density at radius 3 is 2.52 bits per heavy atom. The summed E-state index contributed by atoms with van der Waals surface area (Å²) in [5, 5.41) is 9.48. The van der Waals surface area contributed by atoms with Crippen molar-refractivity contribution in [2.75, 3.05) is 5.32 Å². The topological polar surface area (TPSA) is 55.1 Å². The van der Waals surface area contributed by atoms with E-state index in [9.17, 15) is 0 Å². The van der Waals surface area contributed by atoms with Crippen LogP contribution in [-0.4, -0.2) is 25.6 Å². The first-order chi connectivity index (χ1) is 11.1. The Morgan fingerprint density at radius 2 is 1.74 bits per heavy atom. The molecule has 23 heavy (non-hydrogen) atoms. The monoisotopic (exact) mass is 309 g/mol. The van der Waals surface area contributed by atoms with Crippen molar-refractivity contribution in [3.63, 3.8) is 0 Å². The maximum Gasteiger partial charge on any atom is 0.184 e. The number of hydrogen-bond acceptors (Lipinski definition) is 4. The van der Waals surface area contributed by atoms with Crippen molar-refractivity contribution in [2.45, 2.75) is 58.9 Å². The quantitative estimate of drug-likeness (QED) is 0.779. The fourth-order valence-electron chi connectivity index (χ4n) is 3.70. The molecule has 1 aliphatic carbocycles. The van der Waals surface area contributed by atoms with Crippen molar-refractivity contribution in [3.8, 4) is 0 Å². The molecule has 0 unspecified atom stereocenters. The first-order valence-electron chi connectivity index (χ1n) is 8.53. The van der Waals surface area contributed by atoms with Gasteiger partial charge in [0, 0.05) is 23.5 Å². The average Bonchev–Trinajstić information content (AvgIpc) is 2.86. The molecule has 3 aromatic heterocycles. The van der Waals surface area contributed by atoms with E-state index in [0.29, 0.717) is 6.04 Å². The van der Waals surface area contributed by atoms with Gasteiger partial charge < -0.3 is 5.32 Å². The maximum absolute atomic E-state index is 4.73. The molecule has 3 heterocycles. The third-order valence-corrected chi connectivity index (χ3v) is 4.76. The van der Waals surface area contributed by atoms with E-state index in [2.05, 4.69) is 29.4 Å². The van der Waals surface area contributed by atoms with Crippen LogP contribution in [0.25, 0.3) is 16.7 Å². The molecule has 0 bridgehead atoms. The molecular formula is C18H23N5. The number of aryl methyl sites for hydroxylation is 3. The van der Waals surface area contributed by atoms with E-state index in [1.54, 1.807) is 0 Å². The highest BCUT2D eigenvalue weighted by Gasteiger charge is 2.18. The second kappa shape index (κ2) is 5.48. The smallest absolute Gasteiger partial charge is 0.184 e. The number of rotatable bonds is 2. The number of aromatic nitrogens is 4. The standard InChI is InChI=1S/C18H23N5/c1-11-9-12(2)19-17-16(11)18-20-13(3)10-15(23(18)22-17)21-14-7-5-4-6-8-14/h9-10,14,21H,4-8H2,1-3H3. The average molecular weight is 309 g/mol. The lowest BCUT2D eigenvalue weighted by Gasteiger charge is -2.24. The third kappa shape index (κ3) is 2.54. The van der Waals surface area contributed by atoms with E-state index in [4.69, 9.17) is 10.1 Å². The van der Waals surface area contributed by atoms with Gasteiger partial charge in [-0.25, -0.2) is 9.97 Å². The predicted molar refractivity (Wildman–Crippen MR) is 93.0 cm³/mol. The molecule has 0 amide bonds. The molecule has 0 aliphatic heterocycles. The van der Waals surface area contributed by atoms with E-state index >= 15 is 0 Å². The highest BCUT2D eigenvalue weighted by atomic mass is 15.3. The van der Waals surface area contributed by atoms with Gasteiger partial charge in [-0.1, -0.05) is 19.3 Å². The second-order valence-corrected chi connectivity index (χ2v) is 6.78. The van der Waals surface area contributed by atoms with Gasteiger partial charge in [-0.2, -0.15) is 4.52 Å². The van der Waals surface area contributed by atoms with E-state index < -0.39 is 0 Å². The number of fused-ring (bicyclic) bond motifs is 3. The summed E-state index contributed by atoms with van der Waals surface area (Å²) >= 11 is 0. The van der Waals surface area contributed by atoms with Crippen LogP contribution in [0, 0.1) is 20.8 Å². The van der Waals surface area contributed by atoms with Crippen LogP contribution < -0.4 is 5.32 Å². The SMILES string of the molecule is Cc1cc(C)c2c(n1)nn1c(NC3CCCCC3)cc(C)nc21. The van der Waals surface area contributed by atoms with Crippen LogP contribution in [0.5, 0.6) is 0 Å². The Kier molecular flexibility index (Phi) is 3.43. The van der Waals surface area contributed by atoms with Crippen molar-refractivity contribution in [2.24, 2.45) is 0 Å². The van der Waals surface area contributed by atoms with Crippen molar-refractivity contribution >= 4 is 22.5 Å². The van der Waals surface area contributed by atoms with Crippen LogP contribution in [0.2, 0.25) is 0 Å². The summed E-state index contributed by atoms with van der Waals surface area (Å²) in [6.45, 7) is 6.16. The molecule has 1 N–H and O–H groups in total. The number of hydrogen-bond donors (Lipinski definition) is 1. The van der Waals surface area contributed by atoms with Crippen LogP contribution in [0.15, 0.2) is 12.1 Å². The van der Waals surface area contributed by atoms with Gasteiger partial charge in [0.15, 0.2) is 11.3 Å². The van der Waals surface area contributed by atoms with Crippen molar-refractivity contribution in [1.29, 1.82) is 0 Å². The lowest BCUT2D eigenvalue weighted by atomic mass is 9.95. The Morgan fingerprint density at radius 1 is 1.00 bits per heavy atom. The van der Waals surface area contributed by atoms with E-state index in [1.165, 1.54) is 37.7 Å². The molecule has 5 heteroatoms. The zero-order valence-corrected chi connectivity index (χ0v) is 14.1. The van der Waals surface area contributed by atoms with Gasteiger partial charge in [-0.3, -0.25) is 0 Å². The second-order valence-electron chi connectivity index (χ2n) is 6.78. The lowest BCUT2D eigenvalue weighted by Crippen LogP contribution is -2.24. The number of pyridine rings is 1. The van der Waals surface area contributed by atoms with Crippen molar-refractivity contribution in [3.05, 3.63) is 29.1 Å². The lowest BCUT2D eigenvalue weighted by molar-refractivity contribution is 0.461. The first kappa shape index (κ1) is 14.4. The normalized spacial score (nSPS) is 16.3. The van der Waals surface area contributed by atoms with Crippen LogP contribution in [0.1, 0.15) is 49.1 Å². The zero-order chi connectivity index (χ0) is 16.0. The van der Waals surface area contributed by atoms with Gasteiger partial charge >= 0.3 is 0 Å². The molecule has 0 radical (unpaired) electrons. The fourth-order valence-corrected chi connectivity index (χ4v) is 3.70. The van der Waals surface area contributed by atoms with Crippen molar-refractivity contribution < 1.29 is 0 Å². The summed E-state index contributed by atoms with van der Waals surface area (Å²) in [6.07, 6.45) is 6.45. The van der Waals surface area contributed by atoms with E-state index in [-0.39, 0.29) is 0 Å². The minimum absolute atomic E-state index is 0.539. The molecule has 3 aromatic rings. The van der Waals surface area contributed by atoms with Gasteiger partial charge in [0.1, 0.15) is 5.82 Å². The first-order valence-corrected chi connectivity index (χ1v) is 8.53. The van der Waals surface area contributed by atoms with Gasteiger partial charge in [0.2, 0.25) is 0 Å². The molecule has 0 aromatic carbocycles. The predicted octanol–water partition coefficient (Wildman–Crippen LogP) is 3.95. The summed E-state index contributed by atoms with van der Waals surface area (Å²) in [5.41, 5.74) is 4.88. The Balaban J connectivity index is 1.88. The molecule has 1 fully saturated rings. The van der Waals surface area contributed by atoms with Gasteiger partial charge in [0.25, 0.3) is 0 Å². The summed E-state index contributed by atoms with van der Waals surface area (Å²) < 4.78 is 1.94. The number of nitrogens with zero attached hydrogens (tertiary/aromatic N) is 4. The summed E-state index contributed by atoms with van der Waals surface area (Å²) in [6, 6.07) is 4.73. The zero-order valence-electron chi connectivity index (χ0n) is 14.1. The Labute approximate surface area is 136 Å². The fraction of sp³-hybridized carbons (Fsp3) is 0.500. The van der Waals surface area contributed by atoms with Crippen LogP contribution >= 0.6 is 0 Å². The molecule has 0 saturated heterocycles. The maximum atomic E-state index is 4.73. The molecule has 5 nitrogen and oxygen atoms in total. The van der Waals surface area contributed by atoms with Crippen molar-refractivity contribution in [1.82, 2.24) is 19.6 Å². The Hall–Kier alpha value is -2.17. The number of anilines is 1. The molecule has 0 atom stereocenters. The Bertz CT molecular complexity index is 874. The summed E-state index contributed by atoms with van der Waals surface area (Å²) in [7, 11) is 0. The third-order valence-electron chi connectivity index (χ3n) is 4.76. The van der Waals surface area contributed by atoms with Crippen LogP contribution in [-0.2, 0) is 0 Å². The van der Waals surface area contributed by atoms with Crippen LogP contribution in [0.3, 0.4) is 0 Å². The molecule has 1 aliphatic rings. The van der Waals surface area contributed by atoms with Gasteiger partial charge in [0.05, 0.1) is 5.39 Å². The van der Waals surface area contributed by atoms with E-state index in [1.807, 2.05) is 18.4 Å². The minimum Gasteiger partial charge on any atom is -0.367 e. The largest absolute Gasteiger partial charge is 0.367 e. The molecule has 0 spiro atoms. The molecule has 1 saturated carbocycles. The van der Waals surface area contributed by atoms with Crippen LogP contribution in [0.4, 0.5) is 5.82 Å². The summed E-state index contributed by atoms with van der Waals surface area (Å²) in [5.74, 6) is 1.04. The number of nitrogens with one attached hydrogen (secondary N) is 1. The molecule has 4 rings (SSSR count). The van der Waals surface area contributed by atoms with E-state index in [0.717, 1.165) is 33.9 Å². The highest BCUT2D eigenvalue weighted by molar-refractivity contribution is 5.93. The summed E-state index contributed by atoms with van der Waals surface area (Å²) in [4.78, 5) is 9.32. The molecule has 120 valence electrons. The van der Waals surface area contributed by atoms with Gasteiger partial charge in [-0.05, 0) is 45.2 Å². The minimum atomic E-state index is 0.539. The van der Waals surface area contributed by atoms with Gasteiger partial charge in [-0.15, -0.1) is 5.10 Å². The molecular weight excluding hydrogens is 286 g/mol.